The Kier molecular flexibility index (Phi) is 2.82. The molecule has 86 valence electrons. The first-order chi connectivity index (χ1) is 7.83. The van der Waals surface area contributed by atoms with Crippen LogP contribution in [0.1, 0.15) is 31.2 Å². The molecule has 0 aromatic carbocycles. The summed E-state index contributed by atoms with van der Waals surface area (Å²) in [6.07, 6.45) is 5.23. The molecule has 2 unspecified atom stereocenters. The minimum absolute atomic E-state index is 0.485. The number of hydrogen-bond acceptors (Lipinski definition) is 3. The van der Waals surface area contributed by atoms with Crippen molar-refractivity contribution in [1.82, 2.24) is 4.90 Å². The van der Waals surface area contributed by atoms with Crippen molar-refractivity contribution in [3.05, 3.63) is 22.4 Å². The topological polar surface area (TPSA) is 20.3 Å². The highest BCUT2D eigenvalue weighted by molar-refractivity contribution is 7.07. The van der Waals surface area contributed by atoms with E-state index < -0.39 is 0 Å². The number of hydrogen-bond donors (Lipinski definition) is 0. The number of ketones is 1. The summed E-state index contributed by atoms with van der Waals surface area (Å²) in [4.78, 5) is 14.1. The average molecular weight is 235 g/mol. The highest BCUT2D eigenvalue weighted by Crippen LogP contribution is 2.33. The van der Waals surface area contributed by atoms with Gasteiger partial charge in [-0.2, -0.15) is 11.3 Å². The molecule has 3 heterocycles. The molecular formula is C13H17NOS. The molecule has 2 aliphatic heterocycles. The van der Waals surface area contributed by atoms with Gasteiger partial charge in [0.15, 0.2) is 0 Å². The lowest BCUT2D eigenvalue weighted by molar-refractivity contribution is -0.123. The van der Waals surface area contributed by atoms with Gasteiger partial charge in [-0.25, -0.2) is 0 Å². The quantitative estimate of drug-likeness (QED) is 0.802. The van der Waals surface area contributed by atoms with Crippen molar-refractivity contribution in [1.29, 1.82) is 0 Å². The second-order valence-electron chi connectivity index (χ2n) is 4.95. The molecule has 2 fully saturated rings. The molecule has 3 rings (SSSR count). The van der Waals surface area contributed by atoms with Crippen LogP contribution < -0.4 is 0 Å². The predicted octanol–water partition coefficient (Wildman–Crippen LogP) is 2.49. The van der Waals surface area contributed by atoms with E-state index in [0.717, 1.165) is 25.8 Å². The molecule has 0 N–H and O–H groups in total. The van der Waals surface area contributed by atoms with Crippen molar-refractivity contribution in [3.8, 4) is 0 Å². The van der Waals surface area contributed by atoms with Crippen molar-refractivity contribution in [3.63, 3.8) is 0 Å². The molecule has 1 aromatic heterocycles. The molecule has 16 heavy (non-hydrogen) atoms. The van der Waals surface area contributed by atoms with E-state index in [1.807, 2.05) is 0 Å². The zero-order chi connectivity index (χ0) is 11.0. The maximum Gasteiger partial charge on any atom is 0.136 e. The molecule has 2 saturated heterocycles. The minimum atomic E-state index is 0.485. The summed E-state index contributed by atoms with van der Waals surface area (Å²) in [6.45, 7) is 1.14. The van der Waals surface area contributed by atoms with Crippen molar-refractivity contribution in [2.24, 2.45) is 0 Å². The van der Waals surface area contributed by atoms with Crippen LogP contribution in [-0.4, -0.2) is 29.3 Å². The van der Waals surface area contributed by atoms with Gasteiger partial charge in [-0.1, -0.05) is 0 Å². The van der Waals surface area contributed by atoms with Gasteiger partial charge >= 0.3 is 0 Å². The number of Topliss-reactive ketones (excluding diaryl/α,β-unsaturated/α-hetero) is 1. The van der Waals surface area contributed by atoms with Gasteiger partial charge in [-0.3, -0.25) is 9.69 Å². The van der Waals surface area contributed by atoms with Gasteiger partial charge in [0.25, 0.3) is 0 Å². The summed E-state index contributed by atoms with van der Waals surface area (Å²) >= 11 is 1.77. The largest absolute Gasteiger partial charge is 0.300 e. The third kappa shape index (κ3) is 1.94. The number of fused-ring (bicyclic) bond motifs is 2. The second-order valence-corrected chi connectivity index (χ2v) is 5.73. The van der Waals surface area contributed by atoms with Crippen molar-refractivity contribution < 1.29 is 4.79 Å². The third-order valence-electron chi connectivity index (χ3n) is 3.94. The Bertz CT molecular complexity index is 357. The van der Waals surface area contributed by atoms with E-state index in [2.05, 4.69) is 21.7 Å². The van der Waals surface area contributed by atoms with Crippen molar-refractivity contribution in [2.45, 2.75) is 44.2 Å². The van der Waals surface area contributed by atoms with Crippen LogP contribution >= 0.6 is 11.3 Å². The van der Waals surface area contributed by atoms with Crippen LogP contribution in [0.15, 0.2) is 16.8 Å². The van der Waals surface area contributed by atoms with E-state index in [-0.39, 0.29) is 0 Å². The molecule has 0 saturated carbocycles. The Balaban J connectivity index is 1.61. The van der Waals surface area contributed by atoms with Gasteiger partial charge in [0.1, 0.15) is 5.78 Å². The van der Waals surface area contributed by atoms with Crippen LogP contribution in [0, 0.1) is 0 Å². The fourth-order valence-electron chi connectivity index (χ4n) is 3.12. The normalized spacial score (nSPS) is 29.9. The Hall–Kier alpha value is -0.670. The molecule has 0 aliphatic carbocycles. The first-order valence-electron chi connectivity index (χ1n) is 6.11. The first-order valence-corrected chi connectivity index (χ1v) is 7.06. The molecule has 2 nitrogen and oxygen atoms in total. The summed E-state index contributed by atoms with van der Waals surface area (Å²) in [7, 11) is 0. The standard InChI is InChI=1S/C13H17NOS/c15-13-7-11-1-2-12(8-13)14(11)5-3-10-4-6-16-9-10/h4,6,9,11-12H,1-3,5,7-8H2. The molecule has 2 atom stereocenters. The van der Waals surface area contributed by atoms with Crippen LogP contribution in [-0.2, 0) is 11.2 Å². The van der Waals surface area contributed by atoms with Gasteiger partial charge in [0.05, 0.1) is 0 Å². The van der Waals surface area contributed by atoms with Crippen LogP contribution in [0.25, 0.3) is 0 Å². The van der Waals surface area contributed by atoms with Crippen LogP contribution in [0.4, 0.5) is 0 Å². The van der Waals surface area contributed by atoms with E-state index in [4.69, 9.17) is 0 Å². The number of rotatable bonds is 3. The number of piperidine rings is 1. The molecule has 0 radical (unpaired) electrons. The summed E-state index contributed by atoms with van der Waals surface area (Å²) in [5.41, 5.74) is 1.45. The average Bonchev–Trinajstić information content (AvgIpc) is 2.83. The predicted molar refractivity (Wildman–Crippen MR) is 65.8 cm³/mol. The molecule has 2 bridgehead atoms. The fourth-order valence-corrected chi connectivity index (χ4v) is 3.82. The van der Waals surface area contributed by atoms with Gasteiger partial charge in [-0.05, 0) is 41.7 Å². The van der Waals surface area contributed by atoms with Crippen molar-refractivity contribution >= 4 is 17.1 Å². The molecule has 2 aliphatic rings. The third-order valence-corrected chi connectivity index (χ3v) is 4.67. The minimum Gasteiger partial charge on any atom is -0.300 e. The first kappa shape index (κ1) is 10.5. The van der Waals surface area contributed by atoms with Crippen LogP contribution in [0.5, 0.6) is 0 Å². The van der Waals surface area contributed by atoms with Crippen LogP contribution in [0.2, 0.25) is 0 Å². The zero-order valence-electron chi connectivity index (χ0n) is 9.39. The van der Waals surface area contributed by atoms with Gasteiger partial charge in [0.2, 0.25) is 0 Å². The molecule has 0 amide bonds. The number of thiophene rings is 1. The summed E-state index contributed by atoms with van der Waals surface area (Å²) in [6, 6.07) is 3.33. The number of carbonyl (C=O) groups is 1. The summed E-state index contributed by atoms with van der Waals surface area (Å²) in [5, 5.41) is 4.38. The zero-order valence-corrected chi connectivity index (χ0v) is 10.2. The van der Waals surface area contributed by atoms with Gasteiger partial charge in [0, 0.05) is 31.5 Å². The molecule has 3 heteroatoms. The monoisotopic (exact) mass is 235 g/mol. The molecule has 0 spiro atoms. The highest BCUT2D eigenvalue weighted by atomic mass is 32.1. The van der Waals surface area contributed by atoms with E-state index in [0.29, 0.717) is 17.9 Å². The smallest absolute Gasteiger partial charge is 0.136 e. The van der Waals surface area contributed by atoms with E-state index >= 15 is 0 Å². The Labute approximate surface area is 100 Å². The lowest BCUT2D eigenvalue weighted by Crippen LogP contribution is -2.44. The summed E-state index contributed by atoms with van der Waals surface area (Å²) in [5.74, 6) is 0.485. The SMILES string of the molecule is O=C1CC2CCC(C1)N2CCc1ccsc1. The van der Waals surface area contributed by atoms with Crippen LogP contribution in [0.3, 0.4) is 0 Å². The van der Waals surface area contributed by atoms with E-state index in [9.17, 15) is 4.79 Å². The Morgan fingerprint density at radius 2 is 2.06 bits per heavy atom. The second kappa shape index (κ2) is 4.30. The fraction of sp³-hybridized carbons (Fsp3) is 0.615. The maximum atomic E-state index is 11.5. The summed E-state index contributed by atoms with van der Waals surface area (Å²) < 4.78 is 0. The lowest BCUT2D eigenvalue weighted by Gasteiger charge is -2.33. The van der Waals surface area contributed by atoms with Gasteiger partial charge < -0.3 is 0 Å². The van der Waals surface area contributed by atoms with Crippen molar-refractivity contribution in [2.75, 3.05) is 6.54 Å². The van der Waals surface area contributed by atoms with E-state index in [1.165, 1.54) is 18.4 Å². The Morgan fingerprint density at radius 1 is 1.31 bits per heavy atom. The molecule has 1 aromatic rings. The lowest BCUT2D eigenvalue weighted by atomic mass is 10.0. The maximum absolute atomic E-state index is 11.5. The number of nitrogens with zero attached hydrogens (tertiary/aromatic N) is 1. The Morgan fingerprint density at radius 3 is 2.69 bits per heavy atom. The number of carbonyl (C=O) groups excluding carboxylic acids is 1. The van der Waals surface area contributed by atoms with Gasteiger partial charge in [-0.15, -0.1) is 0 Å². The van der Waals surface area contributed by atoms with E-state index in [1.54, 1.807) is 11.3 Å². The highest BCUT2D eigenvalue weighted by Gasteiger charge is 2.39. The molecular weight excluding hydrogens is 218 g/mol.